The van der Waals surface area contributed by atoms with E-state index >= 15 is 0 Å². The molecule has 0 atom stereocenters. The Bertz CT molecular complexity index is 41.3. The van der Waals surface area contributed by atoms with Crippen molar-refractivity contribution >= 4 is 99.8 Å². The molecule has 0 aliphatic heterocycles. The summed E-state index contributed by atoms with van der Waals surface area (Å²) in [6.07, 6.45) is 0. The average molecular weight is 319 g/mol. The van der Waals surface area contributed by atoms with Gasteiger partial charge in [0.25, 0.3) is 0 Å². The van der Waals surface area contributed by atoms with E-state index in [-0.39, 0.29) is 51.4 Å². The number of halogens is 5. The van der Waals surface area contributed by atoms with Crippen LogP contribution in [0.4, 0.5) is 0 Å². The van der Waals surface area contributed by atoms with Crippen molar-refractivity contribution in [1.29, 1.82) is 0 Å². The molecule has 0 heterocycles. The second kappa shape index (κ2) is 3.92. The molecule has 0 saturated carbocycles. The van der Waals surface area contributed by atoms with E-state index in [0.29, 0.717) is 0 Å². The standard InChI is InChI=1S/5ClH.K.Rh/h5*1H;;/q;;;;;;+5/p-5. The molecule has 0 aromatic rings. The molecule has 0 saturated heterocycles. The molecule has 0 fully saturated rings. The Morgan fingerprint density at radius 2 is 0.714 bits per heavy atom. The first kappa shape index (κ1) is 13.3. The van der Waals surface area contributed by atoms with Gasteiger partial charge in [-0.05, 0) is 0 Å². The fourth-order valence-corrected chi connectivity index (χ4v) is 0. The molecule has 0 aromatic heterocycles. The maximum absolute atomic E-state index is 5.02. The Hall–Kier alpha value is 3.71. The summed E-state index contributed by atoms with van der Waals surface area (Å²) in [6.45, 7) is 0. The first-order valence-corrected chi connectivity index (χ1v) is 11.2. The summed E-state index contributed by atoms with van der Waals surface area (Å²) in [5.74, 6) is 0. The minimum absolute atomic E-state index is 0. The molecule has 0 bridgehead atoms. The van der Waals surface area contributed by atoms with Gasteiger partial charge in [0.05, 0.1) is 0 Å². The Kier molecular flexibility index (Phi) is 7.45. The van der Waals surface area contributed by atoms with Gasteiger partial charge in [-0.25, -0.2) is 0 Å². The zero-order valence-corrected chi connectivity index (χ0v) is 11.8. The van der Waals surface area contributed by atoms with Gasteiger partial charge in [0, 0.05) is 51.4 Å². The minimum Gasteiger partial charge on any atom is 0 e. The summed E-state index contributed by atoms with van der Waals surface area (Å²) in [4.78, 5) is 0. The minimum atomic E-state index is -4.04. The third-order valence-electron chi connectivity index (χ3n) is 0. The summed E-state index contributed by atoms with van der Waals surface area (Å²) >= 11 is 0. The van der Waals surface area contributed by atoms with E-state index in [9.17, 15) is 0 Å². The van der Waals surface area contributed by atoms with Crippen LogP contribution >= 0.6 is 48.5 Å². The van der Waals surface area contributed by atoms with Gasteiger partial charge < -0.3 is 0 Å². The molecule has 45 valence electrons. The smallest absolute Gasteiger partial charge is 0 e. The Morgan fingerprint density at radius 3 is 0.714 bits per heavy atom. The van der Waals surface area contributed by atoms with Gasteiger partial charge in [0.1, 0.15) is 0 Å². The van der Waals surface area contributed by atoms with Crippen LogP contribution in [0, 0.1) is 0 Å². The summed E-state index contributed by atoms with van der Waals surface area (Å²) in [7, 11) is 21.0. The van der Waals surface area contributed by atoms with Crippen LogP contribution in [-0.2, 0) is 8.65 Å². The van der Waals surface area contributed by atoms with Crippen LogP contribution in [0.3, 0.4) is 0 Å². The van der Waals surface area contributed by atoms with Gasteiger partial charge in [-0.1, -0.05) is 0 Å². The van der Waals surface area contributed by atoms with Crippen LogP contribution in [0.1, 0.15) is 0 Å². The zero-order chi connectivity index (χ0) is 5.45. The predicted molar refractivity (Wildman–Crippen MR) is 35.0 cm³/mol. The van der Waals surface area contributed by atoms with Gasteiger partial charge in [-0.15, -0.1) is 0 Å². The second-order valence-electron chi connectivity index (χ2n) is 0.476. The molecule has 0 amide bonds. The summed E-state index contributed by atoms with van der Waals surface area (Å²) < 4.78 is 0. The van der Waals surface area contributed by atoms with Crippen LogP contribution < -0.4 is 0 Å². The molecule has 0 nitrogen and oxygen atoms in total. The van der Waals surface area contributed by atoms with Crippen molar-refractivity contribution in [2.45, 2.75) is 0 Å². The van der Waals surface area contributed by atoms with Crippen LogP contribution in [0.15, 0.2) is 0 Å². The topological polar surface area (TPSA) is 0 Å². The zero-order valence-electron chi connectivity index (χ0n) is 3.22. The third-order valence-corrected chi connectivity index (χ3v) is 0. The van der Waals surface area contributed by atoms with Gasteiger partial charge in [-0.2, -0.15) is 0 Å². The molecule has 0 unspecified atom stereocenters. The van der Waals surface area contributed by atoms with E-state index in [1.54, 1.807) is 0 Å². The first-order chi connectivity index (χ1) is 2.24. The quantitative estimate of drug-likeness (QED) is 0.602. The van der Waals surface area contributed by atoms with Gasteiger partial charge in [0.2, 0.25) is 0 Å². The van der Waals surface area contributed by atoms with Gasteiger partial charge in [0.15, 0.2) is 0 Å². The molecule has 0 rings (SSSR count). The molecule has 7 heavy (non-hydrogen) atoms. The number of rotatable bonds is 0. The Labute approximate surface area is 106 Å². The maximum Gasteiger partial charge on any atom is 0 e. The summed E-state index contributed by atoms with van der Waals surface area (Å²) in [5.41, 5.74) is 0. The maximum atomic E-state index is 5.02. The molecule has 0 N–H and O–H groups in total. The van der Waals surface area contributed by atoms with Crippen LogP contribution in [0.25, 0.3) is 0 Å². The molecule has 7 heteroatoms. The second-order valence-corrected chi connectivity index (χ2v) is 25.4. The fraction of sp³-hybridized carbons (Fsp3) is 0. The predicted octanol–water partition coefficient (Wildman–Crippen LogP) is 3.06. The summed E-state index contributed by atoms with van der Waals surface area (Å²) in [6, 6.07) is 0. The van der Waals surface area contributed by atoms with Crippen LogP contribution in [0.5, 0.6) is 0 Å². The number of hydrogen-bond donors (Lipinski definition) is 0. The van der Waals surface area contributed by atoms with E-state index in [4.69, 9.17) is 48.5 Å². The van der Waals surface area contributed by atoms with E-state index < -0.39 is 8.65 Å². The van der Waals surface area contributed by atoms with E-state index in [0.717, 1.165) is 0 Å². The van der Waals surface area contributed by atoms with Crippen molar-refractivity contribution in [3.05, 3.63) is 0 Å². The molecule has 0 spiro atoms. The fourth-order valence-electron chi connectivity index (χ4n) is 0. The normalized spacial score (nSPS) is 16.4. The SMILES string of the molecule is [Cl][Rh]([Cl])([Cl])([Cl])[Cl].[K]. The molecule has 0 aliphatic carbocycles. The monoisotopic (exact) mass is 317 g/mol. The Balaban J connectivity index is 0. The molecule has 0 aromatic carbocycles. The van der Waals surface area contributed by atoms with Gasteiger partial charge in [-0.3, -0.25) is 0 Å². The van der Waals surface area contributed by atoms with Crippen molar-refractivity contribution in [2.75, 3.05) is 0 Å². The molecule has 0 aliphatic rings. The Morgan fingerprint density at radius 1 is 0.714 bits per heavy atom. The van der Waals surface area contributed by atoms with Gasteiger partial charge >= 0.3 is 57.1 Å². The molecular formula is Cl5KRh. The van der Waals surface area contributed by atoms with E-state index in [1.165, 1.54) is 0 Å². The van der Waals surface area contributed by atoms with Crippen molar-refractivity contribution < 1.29 is 8.65 Å². The third kappa shape index (κ3) is 41.9. The van der Waals surface area contributed by atoms with Crippen molar-refractivity contribution in [3.63, 3.8) is 0 Å². The van der Waals surface area contributed by atoms with E-state index in [2.05, 4.69) is 0 Å². The number of hydrogen-bond acceptors (Lipinski definition) is 0. The van der Waals surface area contributed by atoms with E-state index in [1.807, 2.05) is 0 Å². The van der Waals surface area contributed by atoms with Crippen LogP contribution in [-0.4, -0.2) is 51.4 Å². The average Bonchev–Trinajstić information content (AvgIpc) is 0.650. The largest absolute Gasteiger partial charge is 0 e. The summed E-state index contributed by atoms with van der Waals surface area (Å²) in [5, 5.41) is 0. The van der Waals surface area contributed by atoms with Crippen LogP contribution in [0.2, 0.25) is 0 Å². The van der Waals surface area contributed by atoms with Crippen molar-refractivity contribution in [3.8, 4) is 0 Å². The molecule has 1 radical (unpaired) electrons. The first-order valence-electron chi connectivity index (χ1n) is 0.630. The van der Waals surface area contributed by atoms with Crippen molar-refractivity contribution in [1.82, 2.24) is 0 Å². The molecular weight excluding hydrogens is 319 g/mol. The van der Waals surface area contributed by atoms with Crippen molar-refractivity contribution in [2.24, 2.45) is 0 Å².